The van der Waals surface area contributed by atoms with Crippen molar-refractivity contribution in [3.8, 4) is 0 Å². The lowest BCUT2D eigenvalue weighted by Gasteiger charge is -2.10. The average molecular weight is 280 g/mol. The molecule has 1 aromatic carbocycles. The molecule has 0 saturated carbocycles. The highest BCUT2D eigenvalue weighted by atomic mass is 35.5. The van der Waals surface area contributed by atoms with Gasteiger partial charge in [-0.3, -0.25) is 4.18 Å². The number of rotatable bonds is 5. The van der Waals surface area contributed by atoms with Crippen LogP contribution in [0.5, 0.6) is 0 Å². The van der Waals surface area contributed by atoms with Crippen LogP contribution in [-0.2, 0) is 14.3 Å². The standard InChI is InChI=1S/C11H17NO3S.ClH/c1-10-4-6-11(7-5-10)16(13,14)15-9-8-12(2)3;/h4-7H,8-9H2,1-3H3;1H. The van der Waals surface area contributed by atoms with Gasteiger partial charge >= 0.3 is 0 Å². The molecule has 98 valence electrons. The first-order chi connectivity index (χ1) is 7.42. The Labute approximate surface area is 109 Å². The van der Waals surface area contributed by atoms with Gasteiger partial charge in [0.1, 0.15) is 0 Å². The molecule has 0 radical (unpaired) electrons. The summed E-state index contributed by atoms with van der Waals surface area (Å²) in [6, 6.07) is 6.62. The summed E-state index contributed by atoms with van der Waals surface area (Å²) >= 11 is 0. The van der Waals surface area contributed by atoms with Crippen molar-refractivity contribution in [1.29, 1.82) is 0 Å². The van der Waals surface area contributed by atoms with E-state index < -0.39 is 10.1 Å². The summed E-state index contributed by atoms with van der Waals surface area (Å²) in [6.07, 6.45) is 0. The molecular weight excluding hydrogens is 262 g/mol. The number of hydrogen-bond donors (Lipinski definition) is 0. The highest BCUT2D eigenvalue weighted by Gasteiger charge is 2.14. The number of likely N-dealkylation sites (N-methyl/N-ethyl adjacent to an activating group) is 1. The van der Waals surface area contributed by atoms with E-state index in [0.717, 1.165) is 5.56 Å². The fraction of sp³-hybridized carbons (Fsp3) is 0.455. The summed E-state index contributed by atoms with van der Waals surface area (Å²) in [4.78, 5) is 2.07. The molecule has 0 aromatic heterocycles. The first-order valence-electron chi connectivity index (χ1n) is 5.02. The molecule has 0 aliphatic rings. The number of hydrogen-bond acceptors (Lipinski definition) is 4. The number of nitrogens with zero attached hydrogens (tertiary/aromatic N) is 1. The molecule has 0 atom stereocenters. The van der Waals surface area contributed by atoms with Crippen LogP contribution in [0.25, 0.3) is 0 Å². The zero-order valence-corrected chi connectivity index (χ0v) is 11.8. The Bertz CT molecular complexity index is 429. The van der Waals surface area contributed by atoms with Gasteiger partial charge in [0.15, 0.2) is 0 Å². The maximum absolute atomic E-state index is 11.7. The minimum atomic E-state index is -3.60. The molecule has 0 fully saturated rings. The number of aryl methyl sites for hydroxylation is 1. The SMILES string of the molecule is Cc1ccc(S(=O)(=O)OCCN(C)C)cc1.Cl. The molecule has 0 aliphatic carbocycles. The fourth-order valence-electron chi connectivity index (χ4n) is 1.10. The van der Waals surface area contributed by atoms with Gasteiger partial charge in [-0.2, -0.15) is 8.42 Å². The lowest BCUT2D eigenvalue weighted by atomic mass is 10.2. The average Bonchev–Trinajstić information content (AvgIpc) is 2.17. The minimum Gasteiger partial charge on any atom is -0.307 e. The molecule has 0 aliphatic heterocycles. The van der Waals surface area contributed by atoms with Crippen LogP contribution >= 0.6 is 12.4 Å². The van der Waals surface area contributed by atoms with Crippen LogP contribution in [0.4, 0.5) is 0 Å². The normalized spacial score (nSPS) is 11.3. The van der Waals surface area contributed by atoms with E-state index in [9.17, 15) is 8.42 Å². The summed E-state index contributed by atoms with van der Waals surface area (Å²) in [5.74, 6) is 0. The van der Waals surface area contributed by atoms with Crippen molar-refractivity contribution in [1.82, 2.24) is 4.90 Å². The summed E-state index contributed by atoms with van der Waals surface area (Å²) < 4.78 is 28.3. The van der Waals surface area contributed by atoms with Gasteiger partial charge in [-0.05, 0) is 33.2 Å². The van der Waals surface area contributed by atoms with Crippen LogP contribution < -0.4 is 0 Å². The van der Waals surface area contributed by atoms with Gasteiger partial charge in [-0.25, -0.2) is 0 Å². The Morgan fingerprint density at radius 2 is 1.71 bits per heavy atom. The van der Waals surface area contributed by atoms with E-state index in [0.29, 0.717) is 6.54 Å². The molecule has 0 heterocycles. The van der Waals surface area contributed by atoms with Gasteiger partial charge in [0.05, 0.1) is 11.5 Å². The van der Waals surface area contributed by atoms with E-state index in [1.807, 2.05) is 25.9 Å². The number of benzene rings is 1. The van der Waals surface area contributed by atoms with Crippen molar-refractivity contribution in [2.24, 2.45) is 0 Å². The molecule has 1 aromatic rings. The van der Waals surface area contributed by atoms with Crippen molar-refractivity contribution >= 4 is 22.5 Å². The molecule has 0 amide bonds. The van der Waals surface area contributed by atoms with Crippen molar-refractivity contribution in [3.63, 3.8) is 0 Å². The molecule has 4 nitrogen and oxygen atoms in total. The third-order valence-corrected chi connectivity index (χ3v) is 3.41. The third-order valence-electron chi connectivity index (χ3n) is 2.09. The largest absolute Gasteiger partial charge is 0.307 e. The maximum Gasteiger partial charge on any atom is 0.297 e. The summed E-state index contributed by atoms with van der Waals surface area (Å²) in [5, 5.41) is 0. The van der Waals surface area contributed by atoms with Crippen LogP contribution in [0.15, 0.2) is 29.2 Å². The summed E-state index contributed by atoms with van der Waals surface area (Å²) in [7, 11) is 0.127. The van der Waals surface area contributed by atoms with Crippen molar-refractivity contribution in [3.05, 3.63) is 29.8 Å². The van der Waals surface area contributed by atoms with E-state index in [1.54, 1.807) is 24.3 Å². The van der Waals surface area contributed by atoms with Gasteiger partial charge in [-0.1, -0.05) is 17.7 Å². The topological polar surface area (TPSA) is 46.6 Å². The third kappa shape index (κ3) is 5.50. The highest BCUT2D eigenvalue weighted by Crippen LogP contribution is 2.12. The van der Waals surface area contributed by atoms with Crippen LogP contribution in [0, 0.1) is 6.92 Å². The lowest BCUT2D eigenvalue weighted by Crippen LogP contribution is -2.20. The Morgan fingerprint density at radius 1 is 1.18 bits per heavy atom. The molecule has 6 heteroatoms. The first kappa shape index (κ1) is 16.4. The Balaban J connectivity index is 0.00000256. The summed E-state index contributed by atoms with van der Waals surface area (Å²) in [6.45, 7) is 2.65. The second-order valence-corrected chi connectivity index (χ2v) is 5.51. The van der Waals surface area contributed by atoms with Crippen LogP contribution in [0.1, 0.15) is 5.56 Å². The van der Waals surface area contributed by atoms with Gasteiger partial charge < -0.3 is 4.90 Å². The van der Waals surface area contributed by atoms with Crippen molar-refractivity contribution in [2.75, 3.05) is 27.2 Å². The zero-order valence-electron chi connectivity index (χ0n) is 10.2. The van der Waals surface area contributed by atoms with E-state index in [4.69, 9.17) is 4.18 Å². The predicted octanol–water partition coefficient (Wildman–Crippen LogP) is 1.68. The Morgan fingerprint density at radius 3 is 2.18 bits per heavy atom. The Hall–Kier alpha value is -0.620. The van der Waals surface area contributed by atoms with E-state index in [2.05, 4.69) is 0 Å². The number of halogens is 1. The fourth-order valence-corrected chi connectivity index (χ4v) is 2.00. The van der Waals surface area contributed by atoms with Crippen molar-refractivity contribution < 1.29 is 12.6 Å². The quantitative estimate of drug-likeness (QED) is 0.770. The van der Waals surface area contributed by atoms with Crippen molar-refractivity contribution in [2.45, 2.75) is 11.8 Å². The molecule has 0 bridgehead atoms. The smallest absolute Gasteiger partial charge is 0.297 e. The molecule has 0 saturated heterocycles. The van der Waals surface area contributed by atoms with Crippen LogP contribution in [0.2, 0.25) is 0 Å². The second kappa shape index (κ2) is 6.96. The molecule has 17 heavy (non-hydrogen) atoms. The van der Waals surface area contributed by atoms with Gasteiger partial charge in [0.25, 0.3) is 10.1 Å². The summed E-state index contributed by atoms with van der Waals surface area (Å²) in [5.41, 5.74) is 1.02. The van der Waals surface area contributed by atoms with Gasteiger partial charge in [0.2, 0.25) is 0 Å². The zero-order chi connectivity index (χ0) is 12.2. The van der Waals surface area contributed by atoms with Gasteiger partial charge in [0, 0.05) is 6.54 Å². The molecule has 0 N–H and O–H groups in total. The molecule has 0 unspecified atom stereocenters. The second-order valence-electron chi connectivity index (χ2n) is 3.89. The first-order valence-corrected chi connectivity index (χ1v) is 6.43. The van der Waals surface area contributed by atoms with Crippen LogP contribution in [-0.4, -0.2) is 40.6 Å². The lowest BCUT2D eigenvalue weighted by molar-refractivity contribution is 0.265. The Kier molecular flexibility index (Phi) is 6.70. The molecule has 1 rings (SSSR count). The monoisotopic (exact) mass is 279 g/mol. The van der Waals surface area contributed by atoms with Gasteiger partial charge in [-0.15, -0.1) is 12.4 Å². The van der Waals surface area contributed by atoms with E-state index in [1.165, 1.54) is 0 Å². The van der Waals surface area contributed by atoms with E-state index >= 15 is 0 Å². The van der Waals surface area contributed by atoms with Crippen LogP contribution in [0.3, 0.4) is 0 Å². The molecule has 0 spiro atoms. The predicted molar refractivity (Wildman–Crippen MR) is 70.1 cm³/mol. The minimum absolute atomic E-state index is 0. The van der Waals surface area contributed by atoms with E-state index in [-0.39, 0.29) is 23.9 Å². The highest BCUT2D eigenvalue weighted by molar-refractivity contribution is 7.86. The molecular formula is C11H18ClNO3S. The maximum atomic E-state index is 11.7.